The van der Waals surface area contributed by atoms with Gasteiger partial charge in [-0.2, -0.15) is 4.98 Å². The molecule has 156 valence electrons. The van der Waals surface area contributed by atoms with E-state index in [-0.39, 0.29) is 23.9 Å². The highest BCUT2D eigenvalue weighted by molar-refractivity contribution is 5.97. The van der Waals surface area contributed by atoms with Crippen molar-refractivity contribution in [2.75, 3.05) is 18.5 Å². The zero-order valence-electron chi connectivity index (χ0n) is 16.6. The number of hydrogen-bond acceptors (Lipinski definition) is 6. The van der Waals surface area contributed by atoms with E-state index in [2.05, 4.69) is 20.7 Å². The fourth-order valence-corrected chi connectivity index (χ4v) is 2.89. The minimum absolute atomic E-state index is 0.0295. The normalized spacial score (nSPS) is 13.7. The Morgan fingerprint density at radius 1 is 1.23 bits per heavy atom. The molecule has 0 unspecified atom stereocenters. The summed E-state index contributed by atoms with van der Waals surface area (Å²) in [6, 6.07) is 11.2. The molecule has 3 aromatic rings. The van der Waals surface area contributed by atoms with Gasteiger partial charge in [-0.15, -0.1) is 5.10 Å². The number of carbonyl (C=O) groups excluding carboxylic acids is 1. The first kappa shape index (κ1) is 19.8. The van der Waals surface area contributed by atoms with Gasteiger partial charge in [0.15, 0.2) is 0 Å². The van der Waals surface area contributed by atoms with Crippen molar-refractivity contribution in [2.45, 2.75) is 26.0 Å². The Balaban J connectivity index is 1.52. The Hall–Kier alpha value is -3.46. The molecule has 0 atom stereocenters. The first-order chi connectivity index (χ1) is 14.5. The molecular weight excluding hydrogens is 389 g/mol. The maximum Gasteiger partial charge on any atom is 0.255 e. The van der Waals surface area contributed by atoms with Gasteiger partial charge < -0.3 is 20.1 Å². The van der Waals surface area contributed by atoms with Gasteiger partial charge in [0.05, 0.1) is 36.6 Å². The van der Waals surface area contributed by atoms with E-state index in [0.29, 0.717) is 41.8 Å². The molecule has 0 bridgehead atoms. The number of ether oxygens (including phenoxy) is 2. The smallest absolute Gasteiger partial charge is 0.255 e. The summed E-state index contributed by atoms with van der Waals surface area (Å²) in [5.41, 5.74) is 1.81. The Morgan fingerprint density at radius 3 is 2.67 bits per heavy atom. The van der Waals surface area contributed by atoms with Crippen LogP contribution >= 0.6 is 0 Å². The van der Waals surface area contributed by atoms with Crippen LogP contribution in [0.25, 0.3) is 5.69 Å². The molecule has 1 aromatic heterocycles. The third-order valence-electron chi connectivity index (χ3n) is 4.40. The molecule has 2 N–H and O–H groups in total. The van der Waals surface area contributed by atoms with E-state index < -0.39 is 0 Å². The van der Waals surface area contributed by atoms with Crippen LogP contribution < -0.4 is 15.4 Å². The zero-order chi connectivity index (χ0) is 21.1. The summed E-state index contributed by atoms with van der Waals surface area (Å²) in [6.45, 7) is 4.84. The van der Waals surface area contributed by atoms with Crippen LogP contribution in [-0.2, 0) is 4.74 Å². The van der Waals surface area contributed by atoms with Crippen LogP contribution in [-0.4, -0.2) is 46.0 Å². The zero-order valence-corrected chi connectivity index (χ0v) is 16.6. The fourth-order valence-electron chi connectivity index (χ4n) is 2.89. The van der Waals surface area contributed by atoms with E-state index in [1.54, 1.807) is 30.3 Å². The van der Waals surface area contributed by atoms with Crippen LogP contribution in [0, 0.1) is 5.82 Å². The van der Waals surface area contributed by atoms with Crippen LogP contribution in [0.1, 0.15) is 24.2 Å². The minimum atomic E-state index is -0.316. The molecule has 2 aromatic carbocycles. The quantitative estimate of drug-likeness (QED) is 0.621. The molecule has 0 aliphatic carbocycles. The van der Waals surface area contributed by atoms with Crippen molar-refractivity contribution in [3.8, 4) is 11.4 Å². The van der Waals surface area contributed by atoms with Gasteiger partial charge in [-0.05, 0) is 50.2 Å². The summed E-state index contributed by atoms with van der Waals surface area (Å²) in [7, 11) is 0. The summed E-state index contributed by atoms with van der Waals surface area (Å²) >= 11 is 0. The summed E-state index contributed by atoms with van der Waals surface area (Å²) < 4.78 is 25.6. The average Bonchev–Trinajstić information content (AvgIpc) is 3.13. The molecule has 1 fully saturated rings. The fraction of sp³-hybridized carbons (Fsp3) is 0.286. The summed E-state index contributed by atoms with van der Waals surface area (Å²) in [5.74, 6) is 0.303. The van der Waals surface area contributed by atoms with Gasteiger partial charge in [0.1, 0.15) is 17.9 Å². The second kappa shape index (κ2) is 8.50. The number of hydrogen-bond donors (Lipinski definition) is 2. The molecule has 4 rings (SSSR count). The largest absolute Gasteiger partial charge is 0.490 e. The van der Waals surface area contributed by atoms with Gasteiger partial charge in [0, 0.05) is 11.8 Å². The standard InChI is InChI=1S/C21H22FN5O3/c1-13(2)30-19-9-15(5-8-18(19)20(28)24-16-10-29-11-16)25-21-23-12-27(26-21)17-6-3-14(22)4-7-17/h3-9,12-13,16H,10-11H2,1-2H3,(H,24,28)(H,25,26). The summed E-state index contributed by atoms with van der Waals surface area (Å²) in [6.07, 6.45) is 1.43. The Morgan fingerprint density at radius 2 is 2.00 bits per heavy atom. The molecule has 1 saturated heterocycles. The highest BCUT2D eigenvalue weighted by atomic mass is 19.1. The number of anilines is 2. The van der Waals surface area contributed by atoms with Gasteiger partial charge in [0.2, 0.25) is 5.95 Å². The SMILES string of the molecule is CC(C)Oc1cc(Nc2ncn(-c3ccc(F)cc3)n2)ccc1C(=O)NC1COC1. The number of rotatable bonds is 7. The molecule has 0 spiro atoms. The third kappa shape index (κ3) is 4.57. The van der Waals surface area contributed by atoms with Crippen molar-refractivity contribution in [3.05, 3.63) is 60.2 Å². The van der Waals surface area contributed by atoms with E-state index >= 15 is 0 Å². The predicted molar refractivity (Wildman–Crippen MR) is 109 cm³/mol. The Labute approximate surface area is 173 Å². The molecule has 9 heteroatoms. The second-order valence-electron chi connectivity index (χ2n) is 7.20. The number of benzene rings is 2. The van der Waals surface area contributed by atoms with Gasteiger partial charge in [-0.25, -0.2) is 9.07 Å². The van der Waals surface area contributed by atoms with E-state index in [1.165, 1.54) is 23.1 Å². The topological polar surface area (TPSA) is 90.3 Å². The first-order valence-electron chi connectivity index (χ1n) is 9.62. The first-order valence-corrected chi connectivity index (χ1v) is 9.62. The van der Waals surface area contributed by atoms with Crippen molar-refractivity contribution < 1.29 is 18.7 Å². The molecule has 0 radical (unpaired) electrons. The van der Waals surface area contributed by atoms with Crippen LogP contribution in [0.4, 0.5) is 16.0 Å². The van der Waals surface area contributed by atoms with Gasteiger partial charge in [-0.3, -0.25) is 4.79 Å². The lowest BCUT2D eigenvalue weighted by molar-refractivity contribution is -0.00352. The molecule has 1 aliphatic heterocycles. The van der Waals surface area contributed by atoms with E-state index in [0.717, 1.165) is 0 Å². The van der Waals surface area contributed by atoms with E-state index in [9.17, 15) is 9.18 Å². The van der Waals surface area contributed by atoms with Crippen LogP contribution in [0.15, 0.2) is 48.8 Å². The van der Waals surface area contributed by atoms with Crippen LogP contribution in [0.2, 0.25) is 0 Å². The highest BCUT2D eigenvalue weighted by Gasteiger charge is 2.23. The number of nitrogens with zero attached hydrogens (tertiary/aromatic N) is 3. The minimum Gasteiger partial charge on any atom is -0.490 e. The number of nitrogens with one attached hydrogen (secondary N) is 2. The molecule has 1 amide bonds. The maximum absolute atomic E-state index is 13.1. The third-order valence-corrected chi connectivity index (χ3v) is 4.40. The summed E-state index contributed by atoms with van der Waals surface area (Å²) in [5, 5.41) is 10.4. The Bertz CT molecular complexity index is 1030. The number of halogens is 1. The predicted octanol–water partition coefficient (Wildman–Crippen LogP) is 3.07. The van der Waals surface area contributed by atoms with Crippen molar-refractivity contribution >= 4 is 17.5 Å². The lowest BCUT2D eigenvalue weighted by Crippen LogP contribution is -2.48. The second-order valence-corrected chi connectivity index (χ2v) is 7.20. The van der Waals surface area contributed by atoms with Crippen LogP contribution in [0.3, 0.4) is 0 Å². The van der Waals surface area contributed by atoms with Gasteiger partial charge >= 0.3 is 0 Å². The molecular formula is C21H22FN5O3. The van der Waals surface area contributed by atoms with Crippen molar-refractivity contribution in [2.24, 2.45) is 0 Å². The van der Waals surface area contributed by atoms with Gasteiger partial charge in [0.25, 0.3) is 5.91 Å². The van der Waals surface area contributed by atoms with Gasteiger partial charge in [-0.1, -0.05) is 0 Å². The average molecular weight is 411 g/mol. The molecule has 1 aliphatic rings. The van der Waals surface area contributed by atoms with E-state index in [4.69, 9.17) is 9.47 Å². The van der Waals surface area contributed by atoms with E-state index in [1.807, 2.05) is 13.8 Å². The highest BCUT2D eigenvalue weighted by Crippen LogP contribution is 2.26. The summed E-state index contributed by atoms with van der Waals surface area (Å²) in [4.78, 5) is 16.8. The molecule has 2 heterocycles. The number of carbonyl (C=O) groups is 1. The monoisotopic (exact) mass is 411 g/mol. The van der Waals surface area contributed by atoms with Crippen LogP contribution in [0.5, 0.6) is 5.75 Å². The number of amides is 1. The molecule has 0 saturated carbocycles. The number of aromatic nitrogens is 3. The van der Waals surface area contributed by atoms with Crippen molar-refractivity contribution in [3.63, 3.8) is 0 Å². The molecule has 30 heavy (non-hydrogen) atoms. The van der Waals surface area contributed by atoms with Crippen molar-refractivity contribution in [1.82, 2.24) is 20.1 Å². The van der Waals surface area contributed by atoms with Crippen molar-refractivity contribution in [1.29, 1.82) is 0 Å². The molecule has 8 nitrogen and oxygen atoms in total. The Kier molecular flexibility index (Phi) is 5.62. The lowest BCUT2D eigenvalue weighted by Gasteiger charge is -2.27. The lowest BCUT2D eigenvalue weighted by atomic mass is 10.1. The maximum atomic E-state index is 13.1.